The Hall–Kier alpha value is -1.55. The summed E-state index contributed by atoms with van der Waals surface area (Å²) >= 11 is 0. The van der Waals surface area contributed by atoms with Crippen molar-refractivity contribution in [2.45, 2.75) is 39.1 Å². The Balaban J connectivity index is 2.73. The topological polar surface area (TPSA) is 33.1 Å². The molecule has 1 aromatic rings. The number of nitrogens with zero attached hydrogens (tertiary/aromatic N) is 1. The van der Waals surface area contributed by atoms with E-state index in [1.807, 2.05) is 12.1 Å². The first-order valence-electron chi connectivity index (χ1n) is 6.03. The predicted molar refractivity (Wildman–Crippen MR) is 77.6 cm³/mol. The van der Waals surface area contributed by atoms with Gasteiger partial charge in [-0.05, 0) is 19.1 Å². The number of rotatable bonds is 1. The van der Waals surface area contributed by atoms with Gasteiger partial charge in [0.25, 0.3) is 0 Å². The van der Waals surface area contributed by atoms with E-state index >= 15 is 0 Å². The van der Waals surface area contributed by atoms with E-state index in [1.165, 1.54) is 0 Å². The molecule has 0 unspecified atom stereocenters. The van der Waals surface area contributed by atoms with Crippen molar-refractivity contribution in [3.8, 4) is 23.3 Å². The van der Waals surface area contributed by atoms with Crippen molar-refractivity contribution in [3.05, 3.63) is 29.6 Å². The summed E-state index contributed by atoms with van der Waals surface area (Å²) in [6.07, 6.45) is 1.83. The van der Waals surface area contributed by atoms with Gasteiger partial charge in [-0.3, -0.25) is 0 Å². The fourth-order valence-electron chi connectivity index (χ4n) is 1.09. The maximum absolute atomic E-state index is 9.09. The van der Waals surface area contributed by atoms with Crippen LogP contribution >= 0.6 is 0 Å². The van der Waals surface area contributed by atoms with Crippen molar-refractivity contribution < 1.29 is 5.11 Å². The van der Waals surface area contributed by atoms with Crippen LogP contribution in [-0.4, -0.2) is 24.3 Å². The molecule has 1 aromatic heterocycles. The summed E-state index contributed by atoms with van der Waals surface area (Å²) < 4.78 is 0. The Morgan fingerprint density at radius 2 is 2.00 bits per heavy atom. The Kier molecular flexibility index (Phi) is 5.16. The van der Waals surface area contributed by atoms with Crippen molar-refractivity contribution in [2.75, 3.05) is 0 Å². The molecule has 0 fully saturated rings. The summed E-state index contributed by atoms with van der Waals surface area (Å²) in [7, 11) is -1.34. The van der Waals surface area contributed by atoms with E-state index in [9.17, 15) is 0 Å². The maximum atomic E-state index is 9.09. The number of hydrogen-bond donors (Lipinski definition) is 1. The van der Waals surface area contributed by atoms with Gasteiger partial charge in [-0.1, -0.05) is 37.4 Å². The molecule has 3 heteroatoms. The molecular formula is C15H19NOSi. The lowest BCUT2D eigenvalue weighted by Crippen LogP contribution is -2.16. The highest BCUT2D eigenvalue weighted by Gasteiger charge is 2.07. The largest absolute Gasteiger partial charge is 0.392 e. The van der Waals surface area contributed by atoms with Gasteiger partial charge >= 0.3 is 0 Å². The zero-order valence-corrected chi connectivity index (χ0v) is 12.4. The maximum Gasteiger partial charge on any atom is 0.129 e. The smallest absolute Gasteiger partial charge is 0.129 e. The van der Waals surface area contributed by atoms with Gasteiger partial charge in [-0.15, -0.1) is 5.54 Å². The van der Waals surface area contributed by atoms with Gasteiger partial charge in [0.1, 0.15) is 13.8 Å². The Labute approximate surface area is 110 Å². The van der Waals surface area contributed by atoms with Crippen molar-refractivity contribution in [1.29, 1.82) is 0 Å². The molecule has 94 valence electrons. The fourth-order valence-corrected chi connectivity index (χ4v) is 1.60. The van der Waals surface area contributed by atoms with Gasteiger partial charge < -0.3 is 5.11 Å². The van der Waals surface area contributed by atoms with Gasteiger partial charge in [0.05, 0.1) is 6.10 Å². The summed E-state index contributed by atoms with van der Waals surface area (Å²) in [5.41, 5.74) is 4.92. The lowest BCUT2D eigenvalue weighted by atomic mass is 10.2. The summed E-state index contributed by atoms with van der Waals surface area (Å²) in [5, 5.41) is 9.09. The number of aliphatic hydroxyl groups is 1. The minimum atomic E-state index is -1.34. The molecule has 0 aliphatic heterocycles. The minimum Gasteiger partial charge on any atom is -0.392 e. The van der Waals surface area contributed by atoms with Gasteiger partial charge in [0, 0.05) is 18.2 Å². The molecule has 0 aromatic carbocycles. The average molecular weight is 257 g/mol. The van der Waals surface area contributed by atoms with E-state index in [0.29, 0.717) is 6.42 Å². The van der Waals surface area contributed by atoms with Crippen LogP contribution in [0, 0.1) is 23.3 Å². The molecule has 0 radical (unpaired) electrons. The normalized spacial score (nSPS) is 11.8. The van der Waals surface area contributed by atoms with Crippen molar-refractivity contribution in [1.82, 2.24) is 4.98 Å². The van der Waals surface area contributed by atoms with E-state index in [2.05, 4.69) is 47.9 Å². The van der Waals surface area contributed by atoms with Crippen LogP contribution in [0.2, 0.25) is 19.6 Å². The summed E-state index contributed by atoms with van der Waals surface area (Å²) in [6.45, 7) is 8.34. The predicted octanol–water partition coefficient (Wildman–Crippen LogP) is 2.43. The molecule has 18 heavy (non-hydrogen) atoms. The molecule has 1 N–H and O–H groups in total. The van der Waals surface area contributed by atoms with Crippen LogP contribution in [0.4, 0.5) is 0 Å². The first kappa shape index (κ1) is 14.5. The van der Waals surface area contributed by atoms with E-state index in [-0.39, 0.29) is 6.10 Å². The molecule has 1 atom stereocenters. The molecule has 0 aliphatic rings. The van der Waals surface area contributed by atoms with Crippen LogP contribution in [0.1, 0.15) is 24.6 Å². The summed E-state index contributed by atoms with van der Waals surface area (Å²) in [6, 6.07) is 3.80. The van der Waals surface area contributed by atoms with Gasteiger partial charge in [0.15, 0.2) is 0 Å². The number of aromatic nitrogens is 1. The highest BCUT2D eigenvalue weighted by molar-refractivity contribution is 6.83. The SMILES string of the molecule is C[C@H](O)CC#Cc1ccc(C#C[Si](C)(C)C)nc1. The van der Waals surface area contributed by atoms with Crippen molar-refractivity contribution >= 4 is 8.07 Å². The zero-order chi connectivity index (χ0) is 13.6. The van der Waals surface area contributed by atoms with Crippen LogP contribution in [0.15, 0.2) is 18.3 Å². The monoisotopic (exact) mass is 257 g/mol. The van der Waals surface area contributed by atoms with Crippen molar-refractivity contribution in [3.63, 3.8) is 0 Å². The molecule has 2 nitrogen and oxygen atoms in total. The third-order valence-corrected chi connectivity index (χ3v) is 2.83. The van der Waals surface area contributed by atoms with Crippen molar-refractivity contribution in [2.24, 2.45) is 0 Å². The molecule has 0 aliphatic carbocycles. The van der Waals surface area contributed by atoms with Gasteiger partial charge in [-0.25, -0.2) is 4.98 Å². The molecule has 0 amide bonds. The third-order valence-electron chi connectivity index (χ3n) is 1.96. The number of pyridine rings is 1. The van der Waals surface area contributed by atoms with E-state index in [4.69, 9.17) is 5.11 Å². The Morgan fingerprint density at radius 3 is 2.50 bits per heavy atom. The second kappa shape index (κ2) is 6.40. The molecule has 0 saturated carbocycles. The van der Waals surface area contributed by atoms with E-state index in [1.54, 1.807) is 13.1 Å². The molecular weight excluding hydrogens is 238 g/mol. The Bertz CT molecular complexity index is 504. The quantitative estimate of drug-likeness (QED) is 0.619. The fraction of sp³-hybridized carbons (Fsp3) is 0.400. The highest BCUT2D eigenvalue weighted by atomic mass is 28.3. The number of hydrogen-bond acceptors (Lipinski definition) is 2. The molecule has 0 spiro atoms. The number of aliphatic hydroxyl groups excluding tert-OH is 1. The average Bonchev–Trinajstić information content (AvgIpc) is 2.26. The van der Waals surface area contributed by atoms with Crippen LogP contribution in [0.3, 0.4) is 0 Å². The second-order valence-corrected chi connectivity index (χ2v) is 10.0. The minimum absolute atomic E-state index is 0.382. The molecule has 1 heterocycles. The standard InChI is InChI=1S/C15H19NOSi/c1-13(17)6-5-7-14-8-9-15(16-12-14)10-11-18(2,3)4/h8-9,12-13,17H,6H2,1-4H3/t13-/m0/s1. The van der Waals surface area contributed by atoms with E-state index in [0.717, 1.165) is 11.3 Å². The lowest BCUT2D eigenvalue weighted by molar-refractivity contribution is 0.201. The van der Waals surface area contributed by atoms with Crippen LogP contribution in [0.25, 0.3) is 0 Å². The lowest BCUT2D eigenvalue weighted by Gasteiger charge is -2.02. The van der Waals surface area contributed by atoms with Gasteiger partial charge in [-0.2, -0.15) is 0 Å². The van der Waals surface area contributed by atoms with Crippen LogP contribution in [0.5, 0.6) is 0 Å². The van der Waals surface area contributed by atoms with Crippen LogP contribution in [-0.2, 0) is 0 Å². The second-order valence-electron chi connectivity index (χ2n) is 5.29. The first-order valence-corrected chi connectivity index (χ1v) is 9.53. The zero-order valence-electron chi connectivity index (χ0n) is 11.4. The molecule has 0 saturated heterocycles. The van der Waals surface area contributed by atoms with Gasteiger partial charge in [0.2, 0.25) is 0 Å². The molecule has 1 rings (SSSR count). The Morgan fingerprint density at radius 1 is 1.28 bits per heavy atom. The van der Waals surface area contributed by atoms with E-state index < -0.39 is 8.07 Å². The summed E-state index contributed by atoms with van der Waals surface area (Å²) in [4.78, 5) is 4.26. The molecule has 0 bridgehead atoms. The third kappa shape index (κ3) is 6.25. The summed E-state index contributed by atoms with van der Waals surface area (Å²) in [5.74, 6) is 8.97. The first-order chi connectivity index (χ1) is 8.37. The highest BCUT2D eigenvalue weighted by Crippen LogP contribution is 2.01. The van der Waals surface area contributed by atoms with Crippen LogP contribution < -0.4 is 0 Å².